The van der Waals surface area contributed by atoms with E-state index in [1.54, 1.807) is 19.1 Å². The Bertz CT molecular complexity index is 635. The maximum Gasteiger partial charge on any atom is 0.271 e. The first kappa shape index (κ1) is 15.3. The second kappa shape index (κ2) is 6.58. The molecule has 0 spiro atoms. The lowest BCUT2D eigenvalue weighted by Crippen LogP contribution is -2.25. The first-order valence-corrected chi connectivity index (χ1v) is 7.01. The van der Waals surface area contributed by atoms with Crippen molar-refractivity contribution in [3.63, 3.8) is 0 Å². The van der Waals surface area contributed by atoms with Crippen molar-refractivity contribution in [3.05, 3.63) is 39.9 Å². The van der Waals surface area contributed by atoms with E-state index in [0.717, 1.165) is 17.8 Å². The van der Waals surface area contributed by atoms with Gasteiger partial charge in [0.1, 0.15) is 17.3 Å². The number of nitrogens with zero attached hydrogens (tertiary/aromatic N) is 2. The molecule has 0 fully saturated rings. The molecule has 1 amide bonds. The molecule has 7 heteroatoms. The number of carbonyl (C=O) groups excluding carboxylic acids is 1. The summed E-state index contributed by atoms with van der Waals surface area (Å²) < 4.78 is 5.06. The zero-order chi connectivity index (χ0) is 15.4. The van der Waals surface area contributed by atoms with Gasteiger partial charge in [-0.1, -0.05) is 16.8 Å². The molecule has 0 aliphatic heterocycles. The molecular formula is C14H17ClN4O2. The molecule has 112 valence electrons. The number of hydrogen-bond acceptors (Lipinski definition) is 5. The second-order valence-corrected chi connectivity index (χ2v) is 4.95. The highest BCUT2D eigenvalue weighted by Crippen LogP contribution is 2.17. The average Bonchev–Trinajstić information content (AvgIpc) is 2.78. The summed E-state index contributed by atoms with van der Waals surface area (Å²) in [5.41, 5.74) is 1.82. The zero-order valence-electron chi connectivity index (χ0n) is 12.2. The van der Waals surface area contributed by atoms with Crippen molar-refractivity contribution in [3.8, 4) is 0 Å². The van der Waals surface area contributed by atoms with Crippen molar-refractivity contribution in [1.29, 1.82) is 0 Å². The van der Waals surface area contributed by atoms with Crippen LogP contribution >= 0.6 is 11.6 Å². The topological polar surface area (TPSA) is 80.0 Å². The number of anilines is 1. The summed E-state index contributed by atoms with van der Waals surface area (Å²) in [5, 5.41) is 9.98. The molecule has 0 saturated carbocycles. The number of nitrogens with one attached hydrogen (secondary N) is 2. The second-order valence-electron chi connectivity index (χ2n) is 4.54. The molecule has 0 aliphatic carbocycles. The number of aryl methyl sites for hydroxylation is 2. The molecule has 2 aromatic heterocycles. The van der Waals surface area contributed by atoms with E-state index in [9.17, 15) is 4.79 Å². The molecule has 0 bridgehead atoms. The minimum atomic E-state index is -0.334. The summed E-state index contributed by atoms with van der Waals surface area (Å²) in [7, 11) is 0. The molecule has 0 aliphatic rings. The monoisotopic (exact) mass is 308 g/mol. The SMILES string of the molecule is CCNc1ccc(Cl)c(C(=O)NCc2c(C)noc2C)n1. The molecule has 21 heavy (non-hydrogen) atoms. The van der Waals surface area contributed by atoms with Crippen LogP contribution < -0.4 is 10.6 Å². The van der Waals surface area contributed by atoms with Gasteiger partial charge in [-0.2, -0.15) is 0 Å². The molecule has 0 saturated heterocycles. The van der Waals surface area contributed by atoms with Gasteiger partial charge in [0, 0.05) is 18.7 Å². The molecule has 0 unspecified atom stereocenters. The number of hydrogen-bond donors (Lipinski definition) is 2. The van der Waals surface area contributed by atoms with Gasteiger partial charge < -0.3 is 15.2 Å². The number of halogens is 1. The van der Waals surface area contributed by atoms with E-state index in [1.807, 2.05) is 13.8 Å². The maximum atomic E-state index is 12.2. The Hall–Kier alpha value is -2.08. The summed E-state index contributed by atoms with van der Waals surface area (Å²) in [6.45, 7) is 6.62. The average molecular weight is 309 g/mol. The Kier molecular flexibility index (Phi) is 4.80. The molecule has 2 N–H and O–H groups in total. The van der Waals surface area contributed by atoms with Gasteiger partial charge in [0.15, 0.2) is 0 Å². The maximum absolute atomic E-state index is 12.2. The van der Waals surface area contributed by atoms with Crippen molar-refractivity contribution in [2.45, 2.75) is 27.3 Å². The third-order valence-electron chi connectivity index (χ3n) is 3.03. The molecule has 6 nitrogen and oxygen atoms in total. The van der Waals surface area contributed by atoms with E-state index in [1.165, 1.54) is 0 Å². The van der Waals surface area contributed by atoms with E-state index in [-0.39, 0.29) is 11.6 Å². The van der Waals surface area contributed by atoms with Crippen LogP contribution in [0.5, 0.6) is 0 Å². The minimum absolute atomic E-state index is 0.196. The highest BCUT2D eigenvalue weighted by atomic mass is 35.5. The molecular weight excluding hydrogens is 292 g/mol. The normalized spacial score (nSPS) is 10.5. The summed E-state index contributed by atoms with van der Waals surface area (Å²) >= 11 is 6.03. The number of pyridine rings is 1. The lowest BCUT2D eigenvalue weighted by Gasteiger charge is -2.08. The predicted octanol–water partition coefficient (Wildman–Crippen LogP) is 2.70. The Morgan fingerprint density at radius 1 is 1.38 bits per heavy atom. The van der Waals surface area contributed by atoms with Crippen molar-refractivity contribution >= 4 is 23.3 Å². The van der Waals surface area contributed by atoms with Gasteiger partial charge in [-0.15, -0.1) is 0 Å². The van der Waals surface area contributed by atoms with Crippen LogP contribution in [-0.2, 0) is 6.54 Å². The highest BCUT2D eigenvalue weighted by molar-refractivity contribution is 6.33. The Morgan fingerprint density at radius 2 is 2.14 bits per heavy atom. The number of carbonyl (C=O) groups is 1. The third kappa shape index (κ3) is 3.52. The van der Waals surface area contributed by atoms with Gasteiger partial charge in [-0.05, 0) is 32.9 Å². The van der Waals surface area contributed by atoms with Crippen LogP contribution in [-0.4, -0.2) is 22.6 Å². The van der Waals surface area contributed by atoms with Crippen LogP contribution in [0.4, 0.5) is 5.82 Å². The van der Waals surface area contributed by atoms with Crippen LogP contribution in [0.15, 0.2) is 16.7 Å². The van der Waals surface area contributed by atoms with E-state index in [4.69, 9.17) is 16.1 Å². The molecule has 2 rings (SSSR count). The van der Waals surface area contributed by atoms with E-state index in [2.05, 4.69) is 20.8 Å². The van der Waals surface area contributed by atoms with Crippen LogP contribution in [0, 0.1) is 13.8 Å². The van der Waals surface area contributed by atoms with Gasteiger partial charge >= 0.3 is 0 Å². The van der Waals surface area contributed by atoms with Crippen molar-refractivity contribution in [2.24, 2.45) is 0 Å². The number of amides is 1. The van der Waals surface area contributed by atoms with E-state index in [0.29, 0.717) is 23.1 Å². The zero-order valence-corrected chi connectivity index (χ0v) is 12.9. The molecule has 0 atom stereocenters. The summed E-state index contributed by atoms with van der Waals surface area (Å²) in [4.78, 5) is 16.4. The lowest BCUT2D eigenvalue weighted by molar-refractivity contribution is 0.0946. The number of rotatable bonds is 5. The summed E-state index contributed by atoms with van der Waals surface area (Å²) in [6.07, 6.45) is 0. The van der Waals surface area contributed by atoms with Gasteiger partial charge in [-0.3, -0.25) is 4.79 Å². The van der Waals surface area contributed by atoms with Crippen LogP contribution in [0.2, 0.25) is 5.02 Å². The fraction of sp³-hybridized carbons (Fsp3) is 0.357. The van der Waals surface area contributed by atoms with Gasteiger partial charge in [0.05, 0.1) is 10.7 Å². The summed E-state index contributed by atoms with van der Waals surface area (Å²) in [5.74, 6) is 0.970. The first-order chi connectivity index (χ1) is 10.0. The standard InChI is InChI=1S/C14H17ClN4O2/c1-4-16-12-6-5-11(15)13(18-12)14(20)17-7-10-8(2)19-21-9(10)3/h5-6H,4,7H2,1-3H3,(H,16,18)(H,17,20). The predicted molar refractivity (Wildman–Crippen MR) is 80.6 cm³/mol. The molecule has 0 aromatic carbocycles. The quantitative estimate of drug-likeness (QED) is 0.887. The molecule has 0 radical (unpaired) electrons. The van der Waals surface area contributed by atoms with E-state index < -0.39 is 0 Å². The third-order valence-corrected chi connectivity index (χ3v) is 3.33. The Labute approximate surface area is 127 Å². The van der Waals surface area contributed by atoms with Crippen molar-refractivity contribution in [2.75, 3.05) is 11.9 Å². The molecule has 2 aromatic rings. The first-order valence-electron chi connectivity index (χ1n) is 6.63. The van der Waals surface area contributed by atoms with Gasteiger partial charge in [0.2, 0.25) is 0 Å². The fourth-order valence-electron chi connectivity index (χ4n) is 1.89. The van der Waals surface area contributed by atoms with Gasteiger partial charge in [0.25, 0.3) is 5.91 Å². The smallest absolute Gasteiger partial charge is 0.271 e. The van der Waals surface area contributed by atoms with E-state index >= 15 is 0 Å². The molecule has 2 heterocycles. The summed E-state index contributed by atoms with van der Waals surface area (Å²) in [6, 6.07) is 3.38. The Morgan fingerprint density at radius 3 is 2.76 bits per heavy atom. The number of aromatic nitrogens is 2. The Balaban J connectivity index is 2.11. The van der Waals surface area contributed by atoms with Crippen LogP contribution in [0.3, 0.4) is 0 Å². The minimum Gasteiger partial charge on any atom is -0.370 e. The van der Waals surface area contributed by atoms with Crippen LogP contribution in [0.1, 0.15) is 34.4 Å². The van der Waals surface area contributed by atoms with Crippen LogP contribution in [0.25, 0.3) is 0 Å². The van der Waals surface area contributed by atoms with Crippen molar-refractivity contribution < 1.29 is 9.32 Å². The lowest BCUT2D eigenvalue weighted by atomic mass is 10.2. The highest BCUT2D eigenvalue weighted by Gasteiger charge is 2.15. The van der Waals surface area contributed by atoms with Gasteiger partial charge in [-0.25, -0.2) is 4.98 Å². The fourth-order valence-corrected chi connectivity index (χ4v) is 2.08. The largest absolute Gasteiger partial charge is 0.370 e. The van der Waals surface area contributed by atoms with Crippen molar-refractivity contribution in [1.82, 2.24) is 15.5 Å².